The highest BCUT2D eigenvalue weighted by Crippen LogP contribution is 2.17. The second kappa shape index (κ2) is 8.21. The van der Waals surface area contributed by atoms with Crippen LogP contribution < -0.4 is 4.72 Å². The van der Waals surface area contributed by atoms with Gasteiger partial charge in [-0.15, -0.1) is 0 Å². The number of Topliss-reactive ketones (excluding diaryl/α,β-unsaturated/α-hetero) is 1. The van der Waals surface area contributed by atoms with E-state index in [9.17, 15) is 13.2 Å². The number of hydrogen-bond donors (Lipinski definition) is 1. The first kappa shape index (κ1) is 19.5. The normalized spacial score (nSPS) is 16.2. The lowest BCUT2D eigenvalue weighted by molar-refractivity contribution is 0.0876. The average Bonchev–Trinajstić information content (AvgIpc) is 2.64. The van der Waals surface area contributed by atoms with Gasteiger partial charge in [-0.3, -0.25) is 14.4 Å². The number of rotatable bonds is 6. The average molecular weight is 388 g/mol. The molecule has 144 valence electrons. The van der Waals surface area contributed by atoms with Gasteiger partial charge < -0.3 is 4.90 Å². The molecule has 0 aromatic heterocycles. The summed E-state index contributed by atoms with van der Waals surface area (Å²) in [6, 6.07) is 13.3. The fraction of sp³-hybridized carbons (Fsp3) is 0.350. The topological polar surface area (TPSA) is 69.7 Å². The van der Waals surface area contributed by atoms with Gasteiger partial charge in [0.05, 0.1) is 11.4 Å². The van der Waals surface area contributed by atoms with E-state index in [1.165, 1.54) is 0 Å². The molecule has 2 aromatic rings. The minimum absolute atomic E-state index is 0.0486. The minimum Gasteiger partial charge on any atom is -0.304 e. The maximum atomic E-state index is 12.5. The van der Waals surface area contributed by atoms with Crippen LogP contribution in [0.15, 0.2) is 53.4 Å². The highest BCUT2D eigenvalue weighted by atomic mass is 32.2. The number of anilines is 1. The Kier molecular flexibility index (Phi) is 5.94. The highest BCUT2D eigenvalue weighted by molar-refractivity contribution is 7.92. The van der Waals surface area contributed by atoms with Crippen molar-refractivity contribution in [3.8, 4) is 0 Å². The van der Waals surface area contributed by atoms with Crippen LogP contribution in [-0.2, 0) is 10.0 Å². The Morgan fingerprint density at radius 2 is 1.56 bits per heavy atom. The van der Waals surface area contributed by atoms with E-state index < -0.39 is 10.0 Å². The third-order valence-electron chi connectivity index (χ3n) is 4.75. The standard InChI is InChI=1S/C20H25N3O3S/c1-16-3-9-19(10-4-16)27(25,26)21-18-7-5-17(6-8-18)20(24)15-23-13-11-22(2)12-14-23/h3-10,21H,11-15H2,1-2H3. The van der Waals surface area contributed by atoms with Crippen molar-refractivity contribution in [2.45, 2.75) is 11.8 Å². The number of carbonyl (C=O) groups is 1. The van der Waals surface area contributed by atoms with Gasteiger partial charge in [0.2, 0.25) is 0 Å². The van der Waals surface area contributed by atoms with Gasteiger partial charge in [-0.05, 0) is 50.4 Å². The summed E-state index contributed by atoms with van der Waals surface area (Å²) in [5.41, 5.74) is 2.02. The smallest absolute Gasteiger partial charge is 0.261 e. The van der Waals surface area contributed by atoms with Gasteiger partial charge in [-0.1, -0.05) is 17.7 Å². The number of nitrogens with one attached hydrogen (secondary N) is 1. The number of benzene rings is 2. The van der Waals surface area contributed by atoms with Crippen molar-refractivity contribution in [2.24, 2.45) is 0 Å². The Balaban J connectivity index is 1.63. The SMILES string of the molecule is Cc1ccc(S(=O)(=O)Nc2ccc(C(=O)CN3CCN(C)CC3)cc2)cc1. The van der Waals surface area contributed by atoms with Crippen LogP contribution in [0.4, 0.5) is 5.69 Å². The molecule has 27 heavy (non-hydrogen) atoms. The van der Waals surface area contributed by atoms with Crippen LogP contribution in [0.3, 0.4) is 0 Å². The molecule has 0 atom stereocenters. The molecule has 0 bridgehead atoms. The Morgan fingerprint density at radius 3 is 2.15 bits per heavy atom. The molecule has 0 unspecified atom stereocenters. The van der Waals surface area contributed by atoms with Gasteiger partial charge in [-0.25, -0.2) is 8.42 Å². The summed E-state index contributed by atoms with van der Waals surface area (Å²) in [4.78, 5) is 17.1. The fourth-order valence-electron chi connectivity index (χ4n) is 2.96. The van der Waals surface area contributed by atoms with Crippen molar-refractivity contribution >= 4 is 21.5 Å². The van der Waals surface area contributed by atoms with Crippen LogP contribution in [0.5, 0.6) is 0 Å². The van der Waals surface area contributed by atoms with E-state index in [2.05, 4.69) is 21.6 Å². The number of likely N-dealkylation sites (N-methyl/N-ethyl adjacent to an activating group) is 1. The van der Waals surface area contributed by atoms with Crippen molar-refractivity contribution in [3.63, 3.8) is 0 Å². The van der Waals surface area contributed by atoms with E-state index in [0.29, 0.717) is 17.8 Å². The largest absolute Gasteiger partial charge is 0.304 e. The van der Waals surface area contributed by atoms with Gasteiger partial charge in [0.1, 0.15) is 0 Å². The third kappa shape index (κ3) is 5.15. The lowest BCUT2D eigenvalue weighted by atomic mass is 10.1. The van der Waals surface area contributed by atoms with E-state index in [-0.39, 0.29) is 10.7 Å². The molecule has 1 aliphatic heterocycles. The van der Waals surface area contributed by atoms with Crippen molar-refractivity contribution in [1.82, 2.24) is 9.80 Å². The van der Waals surface area contributed by atoms with Crippen LogP contribution in [0, 0.1) is 6.92 Å². The first-order valence-electron chi connectivity index (χ1n) is 8.97. The summed E-state index contributed by atoms with van der Waals surface area (Å²) in [7, 11) is -1.56. The quantitative estimate of drug-likeness (QED) is 0.770. The molecule has 6 nitrogen and oxygen atoms in total. The molecule has 2 aromatic carbocycles. The molecular formula is C20H25N3O3S. The van der Waals surface area contributed by atoms with Crippen molar-refractivity contribution in [3.05, 3.63) is 59.7 Å². The van der Waals surface area contributed by atoms with E-state index in [4.69, 9.17) is 0 Å². The molecule has 1 heterocycles. The monoisotopic (exact) mass is 387 g/mol. The van der Waals surface area contributed by atoms with Crippen LogP contribution in [0.1, 0.15) is 15.9 Å². The molecule has 1 N–H and O–H groups in total. The van der Waals surface area contributed by atoms with Crippen LogP contribution in [0.2, 0.25) is 0 Å². The maximum absolute atomic E-state index is 12.5. The molecule has 0 radical (unpaired) electrons. The maximum Gasteiger partial charge on any atom is 0.261 e. The number of aryl methyl sites for hydroxylation is 1. The molecular weight excluding hydrogens is 362 g/mol. The van der Waals surface area contributed by atoms with Gasteiger partial charge in [0.15, 0.2) is 5.78 Å². The summed E-state index contributed by atoms with van der Waals surface area (Å²) in [5.74, 6) is 0.0486. The Hall–Kier alpha value is -2.22. The molecule has 1 saturated heterocycles. The first-order chi connectivity index (χ1) is 12.8. The zero-order chi connectivity index (χ0) is 19.4. The predicted molar refractivity (Wildman–Crippen MR) is 107 cm³/mol. The molecule has 3 rings (SSSR count). The minimum atomic E-state index is -3.64. The molecule has 0 spiro atoms. The van der Waals surface area contributed by atoms with Gasteiger partial charge in [-0.2, -0.15) is 0 Å². The second-order valence-corrected chi connectivity index (χ2v) is 8.68. The van der Waals surface area contributed by atoms with E-state index in [1.54, 1.807) is 48.5 Å². The third-order valence-corrected chi connectivity index (χ3v) is 6.15. The molecule has 7 heteroatoms. The molecule has 1 aliphatic rings. The van der Waals surface area contributed by atoms with Crippen LogP contribution in [-0.4, -0.2) is 63.8 Å². The molecule has 1 fully saturated rings. The summed E-state index contributed by atoms with van der Waals surface area (Å²) in [5, 5.41) is 0. The van der Waals surface area contributed by atoms with E-state index in [1.807, 2.05) is 6.92 Å². The number of carbonyl (C=O) groups excluding carboxylic acids is 1. The highest BCUT2D eigenvalue weighted by Gasteiger charge is 2.18. The summed E-state index contributed by atoms with van der Waals surface area (Å²) >= 11 is 0. The first-order valence-corrected chi connectivity index (χ1v) is 10.5. The molecule has 0 amide bonds. The number of hydrogen-bond acceptors (Lipinski definition) is 5. The molecule has 0 aliphatic carbocycles. The number of ketones is 1. The van der Waals surface area contributed by atoms with E-state index in [0.717, 1.165) is 31.7 Å². The predicted octanol–water partition coefficient (Wildman–Crippen LogP) is 2.23. The Morgan fingerprint density at radius 1 is 0.963 bits per heavy atom. The van der Waals surface area contributed by atoms with Crippen LogP contribution in [0.25, 0.3) is 0 Å². The number of piperazine rings is 1. The van der Waals surface area contributed by atoms with Gasteiger partial charge in [0, 0.05) is 37.4 Å². The Labute approximate surface area is 160 Å². The lowest BCUT2D eigenvalue weighted by Crippen LogP contribution is -2.46. The van der Waals surface area contributed by atoms with Crippen molar-refractivity contribution in [1.29, 1.82) is 0 Å². The summed E-state index contributed by atoms with van der Waals surface area (Å²) in [6.07, 6.45) is 0. The van der Waals surface area contributed by atoms with E-state index >= 15 is 0 Å². The van der Waals surface area contributed by atoms with Crippen molar-refractivity contribution < 1.29 is 13.2 Å². The van der Waals surface area contributed by atoms with Gasteiger partial charge in [0.25, 0.3) is 10.0 Å². The fourth-order valence-corrected chi connectivity index (χ4v) is 4.01. The molecule has 0 saturated carbocycles. The summed E-state index contributed by atoms with van der Waals surface area (Å²) < 4.78 is 27.4. The second-order valence-electron chi connectivity index (χ2n) is 7.00. The number of sulfonamides is 1. The van der Waals surface area contributed by atoms with Crippen molar-refractivity contribution in [2.75, 3.05) is 44.5 Å². The number of nitrogens with zero attached hydrogens (tertiary/aromatic N) is 2. The Bertz CT molecular complexity index is 885. The van der Waals surface area contributed by atoms with Crippen LogP contribution >= 0.6 is 0 Å². The zero-order valence-electron chi connectivity index (χ0n) is 15.7. The zero-order valence-corrected chi connectivity index (χ0v) is 16.5. The summed E-state index contributed by atoms with van der Waals surface area (Å²) in [6.45, 7) is 6.00. The van der Waals surface area contributed by atoms with Gasteiger partial charge >= 0.3 is 0 Å². The lowest BCUT2D eigenvalue weighted by Gasteiger charge is -2.31.